The molecule has 5 nitrogen and oxygen atoms in total. The first kappa shape index (κ1) is 14.5. The molecule has 1 aromatic heterocycles. The maximum atomic E-state index is 12.3. The van der Waals surface area contributed by atoms with Crippen LogP contribution in [-0.4, -0.2) is 18.5 Å². The molecule has 1 aliphatic rings. The molecule has 1 aromatic carbocycles. The van der Waals surface area contributed by atoms with Crippen LogP contribution in [0.3, 0.4) is 0 Å². The number of anilines is 1. The molecule has 2 aromatic rings. The van der Waals surface area contributed by atoms with Crippen molar-refractivity contribution in [1.29, 1.82) is 0 Å². The minimum Gasteiger partial charge on any atom is -0.392 e. The van der Waals surface area contributed by atoms with Crippen LogP contribution in [-0.2, 0) is 16.6 Å². The van der Waals surface area contributed by atoms with Crippen molar-refractivity contribution in [3.63, 3.8) is 0 Å². The summed E-state index contributed by atoms with van der Waals surface area (Å²) in [5.74, 6) is 0.500. The van der Waals surface area contributed by atoms with Crippen LogP contribution in [0.5, 0.6) is 0 Å². The lowest BCUT2D eigenvalue weighted by molar-refractivity contribution is 0.281. The normalized spacial score (nSPS) is 15.1. The number of aromatic nitrogens is 1. The molecular weight excluding hydrogens is 308 g/mol. The van der Waals surface area contributed by atoms with Crippen molar-refractivity contribution in [3.05, 3.63) is 40.4 Å². The van der Waals surface area contributed by atoms with Crippen LogP contribution in [0.15, 0.2) is 28.5 Å². The summed E-state index contributed by atoms with van der Waals surface area (Å²) in [5, 5.41) is 11.5. The first-order chi connectivity index (χ1) is 9.99. The smallest absolute Gasteiger partial charge is 0.263 e. The van der Waals surface area contributed by atoms with Gasteiger partial charge in [0.1, 0.15) is 0 Å². The second-order valence-corrected chi connectivity index (χ2v) is 7.74. The van der Waals surface area contributed by atoms with Gasteiger partial charge in [0.2, 0.25) is 0 Å². The Morgan fingerprint density at radius 2 is 2.19 bits per heavy atom. The van der Waals surface area contributed by atoms with Crippen molar-refractivity contribution in [1.82, 2.24) is 4.98 Å². The van der Waals surface area contributed by atoms with Gasteiger partial charge in [-0.05, 0) is 43.0 Å². The Labute approximate surface area is 127 Å². The number of sulfonamides is 1. The van der Waals surface area contributed by atoms with Gasteiger partial charge in [-0.3, -0.25) is 4.72 Å². The molecule has 0 unspecified atom stereocenters. The molecule has 0 saturated heterocycles. The molecule has 1 aliphatic carbocycles. The molecule has 0 atom stereocenters. The quantitative estimate of drug-likeness (QED) is 0.886. The molecule has 0 amide bonds. The molecule has 1 heterocycles. The van der Waals surface area contributed by atoms with Gasteiger partial charge in [-0.1, -0.05) is 6.07 Å². The van der Waals surface area contributed by atoms with Gasteiger partial charge in [-0.15, -0.1) is 11.3 Å². The predicted molar refractivity (Wildman–Crippen MR) is 82.0 cm³/mol. The number of rotatable bonds is 5. The van der Waals surface area contributed by atoms with Crippen LogP contribution in [0, 0.1) is 6.92 Å². The zero-order chi connectivity index (χ0) is 15.0. The highest BCUT2D eigenvalue weighted by molar-refractivity contribution is 7.93. The van der Waals surface area contributed by atoms with E-state index < -0.39 is 10.0 Å². The lowest BCUT2D eigenvalue weighted by Crippen LogP contribution is -2.13. The average Bonchev–Trinajstić information content (AvgIpc) is 3.20. The number of hydrogen-bond donors (Lipinski definition) is 2. The van der Waals surface area contributed by atoms with Crippen molar-refractivity contribution in [2.24, 2.45) is 0 Å². The second kappa shape index (κ2) is 5.40. The summed E-state index contributed by atoms with van der Waals surface area (Å²) in [6.45, 7) is 1.65. The van der Waals surface area contributed by atoms with Gasteiger partial charge in [0.05, 0.1) is 17.2 Å². The van der Waals surface area contributed by atoms with Crippen molar-refractivity contribution in [2.45, 2.75) is 37.2 Å². The van der Waals surface area contributed by atoms with E-state index >= 15 is 0 Å². The Kier molecular flexibility index (Phi) is 3.73. The minimum absolute atomic E-state index is 0.139. The van der Waals surface area contributed by atoms with Gasteiger partial charge in [0, 0.05) is 11.3 Å². The third-order valence-electron chi connectivity index (χ3n) is 3.54. The van der Waals surface area contributed by atoms with E-state index in [0.717, 1.165) is 24.1 Å². The summed E-state index contributed by atoms with van der Waals surface area (Å²) in [5.41, 5.74) is 2.44. The average molecular weight is 324 g/mol. The van der Waals surface area contributed by atoms with Crippen molar-refractivity contribution in [3.8, 4) is 0 Å². The largest absolute Gasteiger partial charge is 0.392 e. The number of aliphatic hydroxyl groups excluding tert-OH is 1. The highest BCUT2D eigenvalue weighted by atomic mass is 32.2. The van der Waals surface area contributed by atoms with Crippen LogP contribution in [0.2, 0.25) is 0 Å². The Hall–Kier alpha value is -1.44. The third-order valence-corrected chi connectivity index (χ3v) is 5.78. The van der Waals surface area contributed by atoms with Gasteiger partial charge < -0.3 is 5.11 Å². The van der Waals surface area contributed by atoms with E-state index in [1.165, 1.54) is 23.5 Å². The highest BCUT2D eigenvalue weighted by Crippen LogP contribution is 2.41. The summed E-state index contributed by atoms with van der Waals surface area (Å²) in [4.78, 5) is 4.46. The Morgan fingerprint density at radius 3 is 2.86 bits per heavy atom. The van der Waals surface area contributed by atoms with Gasteiger partial charge in [-0.25, -0.2) is 13.4 Å². The van der Waals surface area contributed by atoms with Crippen LogP contribution >= 0.6 is 11.3 Å². The number of benzene rings is 1. The molecule has 21 heavy (non-hydrogen) atoms. The lowest BCUT2D eigenvalue weighted by atomic mass is 10.1. The Morgan fingerprint density at radius 1 is 1.43 bits per heavy atom. The molecule has 1 saturated carbocycles. The third kappa shape index (κ3) is 3.09. The molecule has 112 valence electrons. The fourth-order valence-electron chi connectivity index (χ4n) is 2.06. The van der Waals surface area contributed by atoms with Gasteiger partial charge in [-0.2, -0.15) is 0 Å². The zero-order valence-corrected chi connectivity index (χ0v) is 13.2. The van der Waals surface area contributed by atoms with Gasteiger partial charge >= 0.3 is 0 Å². The van der Waals surface area contributed by atoms with Gasteiger partial charge in [0.15, 0.2) is 5.13 Å². The van der Waals surface area contributed by atoms with Gasteiger partial charge in [0.25, 0.3) is 10.0 Å². The van der Waals surface area contributed by atoms with E-state index in [-0.39, 0.29) is 11.5 Å². The van der Waals surface area contributed by atoms with Crippen LogP contribution in [0.1, 0.15) is 35.6 Å². The summed E-state index contributed by atoms with van der Waals surface area (Å²) in [6.07, 6.45) is 2.27. The molecule has 0 bridgehead atoms. The standard InChI is InChI=1S/C14H16N2O3S2/c1-9-2-5-12(6-11(9)7-17)21(18,19)16-14-15-13(8-20-14)10-3-4-10/h2,5-6,8,10,17H,3-4,7H2,1H3,(H,15,16). The van der Waals surface area contributed by atoms with Crippen molar-refractivity contribution >= 4 is 26.5 Å². The summed E-state index contributed by atoms with van der Waals surface area (Å²) in [7, 11) is -3.67. The highest BCUT2D eigenvalue weighted by Gasteiger charge is 2.27. The molecule has 7 heteroatoms. The van der Waals surface area contributed by atoms with E-state index in [1.54, 1.807) is 6.07 Å². The predicted octanol–water partition coefficient (Wildman–Crippen LogP) is 2.62. The summed E-state index contributed by atoms with van der Waals surface area (Å²) in [6, 6.07) is 4.72. The molecule has 0 radical (unpaired) electrons. The fourth-order valence-corrected chi connectivity index (χ4v) is 4.15. The number of hydrogen-bond acceptors (Lipinski definition) is 5. The van der Waals surface area contributed by atoms with Crippen LogP contribution < -0.4 is 4.72 Å². The zero-order valence-electron chi connectivity index (χ0n) is 11.5. The molecule has 0 spiro atoms. The van der Waals surface area contributed by atoms with E-state index in [4.69, 9.17) is 0 Å². The molecule has 2 N–H and O–H groups in total. The minimum atomic E-state index is -3.67. The SMILES string of the molecule is Cc1ccc(S(=O)(=O)Nc2nc(C3CC3)cs2)cc1CO. The fraction of sp³-hybridized carbons (Fsp3) is 0.357. The van der Waals surface area contributed by atoms with Crippen LogP contribution in [0.4, 0.5) is 5.13 Å². The van der Waals surface area contributed by atoms with E-state index in [9.17, 15) is 13.5 Å². The first-order valence-electron chi connectivity index (χ1n) is 6.68. The number of thiazole rings is 1. The molecule has 1 fully saturated rings. The maximum absolute atomic E-state index is 12.3. The number of nitrogens with one attached hydrogen (secondary N) is 1. The summed E-state index contributed by atoms with van der Waals surface area (Å²) >= 11 is 1.30. The maximum Gasteiger partial charge on any atom is 0.263 e. The Balaban J connectivity index is 1.85. The lowest BCUT2D eigenvalue weighted by Gasteiger charge is -2.08. The molecule has 0 aliphatic heterocycles. The monoisotopic (exact) mass is 324 g/mol. The number of aryl methyl sites for hydroxylation is 1. The number of aliphatic hydroxyl groups is 1. The van der Waals surface area contributed by atoms with Crippen molar-refractivity contribution < 1.29 is 13.5 Å². The van der Waals surface area contributed by atoms with E-state index in [0.29, 0.717) is 16.6 Å². The van der Waals surface area contributed by atoms with Crippen LogP contribution in [0.25, 0.3) is 0 Å². The summed E-state index contributed by atoms with van der Waals surface area (Å²) < 4.78 is 27.2. The second-order valence-electron chi connectivity index (χ2n) is 5.20. The first-order valence-corrected chi connectivity index (χ1v) is 9.04. The molecule has 3 rings (SSSR count). The topological polar surface area (TPSA) is 79.3 Å². The van der Waals surface area contributed by atoms with Crippen molar-refractivity contribution in [2.75, 3.05) is 4.72 Å². The van der Waals surface area contributed by atoms with E-state index in [2.05, 4.69) is 9.71 Å². The number of nitrogens with zero attached hydrogens (tertiary/aromatic N) is 1. The Bertz CT molecular complexity index is 764. The molecular formula is C14H16N2O3S2. The van der Waals surface area contributed by atoms with E-state index in [1.807, 2.05) is 12.3 Å².